The predicted molar refractivity (Wildman–Crippen MR) is 159 cm³/mol. The fourth-order valence-corrected chi connectivity index (χ4v) is 5.77. The second kappa shape index (κ2) is 14.3. The molecule has 0 aromatic rings. The Morgan fingerprint density at radius 3 is 2.47 bits per heavy atom. The summed E-state index contributed by atoms with van der Waals surface area (Å²) in [6, 6.07) is -3.12. The van der Waals surface area contributed by atoms with Gasteiger partial charge in [0.2, 0.25) is 11.8 Å². The van der Waals surface area contributed by atoms with E-state index >= 15 is 0 Å². The molecule has 15 nitrogen and oxygen atoms in total. The SMILES string of the molecule is CCC[C@H](NC(=O)[C@@H]1C[C@]2(CC(C(=O)OCC)=NO2)CN1C(=O)[C@@H](NC(=O)O[C@H]1CCOC1)C(C)(C)C)C(O)C(=O)NC1CC1. The van der Waals surface area contributed by atoms with Crippen molar-refractivity contribution in [1.29, 1.82) is 0 Å². The van der Waals surface area contributed by atoms with Gasteiger partial charge in [-0.15, -0.1) is 0 Å². The number of nitrogens with one attached hydrogen (secondary N) is 3. The molecule has 0 aromatic carbocycles. The average molecular weight is 638 g/mol. The topological polar surface area (TPSA) is 194 Å². The molecule has 1 saturated carbocycles. The zero-order chi connectivity index (χ0) is 32.9. The third kappa shape index (κ3) is 8.63. The zero-order valence-corrected chi connectivity index (χ0v) is 26.8. The summed E-state index contributed by atoms with van der Waals surface area (Å²) < 4.78 is 15.8. The van der Waals surface area contributed by atoms with Gasteiger partial charge in [-0.2, -0.15) is 0 Å². The number of esters is 1. The van der Waals surface area contributed by atoms with Crippen molar-refractivity contribution in [2.75, 3.05) is 26.4 Å². The molecule has 1 aliphatic carbocycles. The van der Waals surface area contributed by atoms with Crippen LogP contribution >= 0.6 is 0 Å². The molecule has 252 valence electrons. The maximum Gasteiger partial charge on any atom is 0.408 e. The minimum absolute atomic E-state index is 0.00152. The third-order valence-electron chi connectivity index (χ3n) is 8.37. The summed E-state index contributed by atoms with van der Waals surface area (Å²) in [5.41, 5.74) is -1.97. The Morgan fingerprint density at radius 1 is 1.13 bits per heavy atom. The maximum absolute atomic E-state index is 14.3. The number of ether oxygens (including phenoxy) is 3. The van der Waals surface area contributed by atoms with E-state index in [0.717, 1.165) is 12.8 Å². The number of hydrogen-bond donors (Lipinski definition) is 4. The Balaban J connectivity index is 1.56. The van der Waals surface area contributed by atoms with E-state index in [-0.39, 0.29) is 44.4 Å². The summed E-state index contributed by atoms with van der Waals surface area (Å²) in [5.74, 6) is -2.39. The van der Waals surface area contributed by atoms with Crippen LogP contribution in [0, 0.1) is 5.41 Å². The molecule has 0 bridgehead atoms. The van der Waals surface area contributed by atoms with Crippen molar-refractivity contribution in [3.8, 4) is 0 Å². The number of likely N-dealkylation sites (tertiary alicyclic amines) is 1. The van der Waals surface area contributed by atoms with E-state index in [1.807, 2.05) is 6.92 Å². The highest BCUT2D eigenvalue weighted by molar-refractivity contribution is 6.36. The van der Waals surface area contributed by atoms with Crippen molar-refractivity contribution in [3.05, 3.63) is 0 Å². The standard InChI is InChI=1S/C30H47N5O10/c1-6-8-19(22(36)25(38)31-17-9-10-17)32-24(37)21-14-30(13-20(34-45-30)27(40)43-7-2)16-35(21)26(39)23(29(3,4)5)33-28(41)44-18-11-12-42-15-18/h17-19,21-23,36H,6-16H2,1-5H3,(H,31,38)(H,32,37)(H,33,41)/t18-,19-,21-,22?,23+,30+/m0/s1. The molecule has 4 N–H and O–H groups in total. The van der Waals surface area contributed by atoms with E-state index in [1.54, 1.807) is 27.7 Å². The van der Waals surface area contributed by atoms with E-state index in [0.29, 0.717) is 25.9 Å². The lowest BCUT2D eigenvalue weighted by Crippen LogP contribution is -2.59. The van der Waals surface area contributed by atoms with Crippen LogP contribution in [0.4, 0.5) is 4.79 Å². The Hall–Kier alpha value is -3.46. The Bertz CT molecular complexity index is 1160. The van der Waals surface area contributed by atoms with E-state index in [1.165, 1.54) is 4.90 Å². The molecule has 2 saturated heterocycles. The van der Waals surface area contributed by atoms with Crippen LogP contribution in [0.3, 0.4) is 0 Å². The van der Waals surface area contributed by atoms with Gasteiger partial charge in [-0.3, -0.25) is 14.4 Å². The highest BCUT2D eigenvalue weighted by Gasteiger charge is 2.56. The van der Waals surface area contributed by atoms with E-state index < -0.39 is 71.1 Å². The minimum Gasteiger partial charge on any atom is -0.461 e. The summed E-state index contributed by atoms with van der Waals surface area (Å²) in [6.45, 7) is 9.61. The molecule has 4 rings (SSSR count). The first kappa shape index (κ1) is 34.4. The van der Waals surface area contributed by atoms with Crippen molar-refractivity contribution in [3.63, 3.8) is 0 Å². The van der Waals surface area contributed by atoms with E-state index in [4.69, 9.17) is 19.0 Å². The molecule has 1 spiro atoms. The lowest BCUT2D eigenvalue weighted by atomic mass is 9.85. The number of amides is 4. The molecule has 1 unspecified atom stereocenters. The number of alkyl carbamates (subject to hydrolysis) is 1. The molecular formula is C30H47N5O10. The summed E-state index contributed by atoms with van der Waals surface area (Å²) >= 11 is 0. The number of carbonyl (C=O) groups is 5. The molecule has 3 aliphatic heterocycles. The van der Waals surface area contributed by atoms with Crippen molar-refractivity contribution < 1.29 is 48.1 Å². The number of oxime groups is 1. The summed E-state index contributed by atoms with van der Waals surface area (Å²) in [6.07, 6.45) is 0.368. The lowest BCUT2D eigenvalue weighted by molar-refractivity contribution is -0.143. The van der Waals surface area contributed by atoms with Crippen molar-refractivity contribution in [2.45, 2.75) is 122 Å². The van der Waals surface area contributed by atoms with Crippen molar-refractivity contribution >= 4 is 35.5 Å². The number of aliphatic hydroxyl groups excluding tert-OH is 1. The van der Waals surface area contributed by atoms with Gasteiger partial charge in [-0.1, -0.05) is 39.3 Å². The quantitative estimate of drug-likeness (QED) is 0.219. The molecule has 0 radical (unpaired) electrons. The number of rotatable bonds is 12. The van der Waals surface area contributed by atoms with Gasteiger partial charge < -0.3 is 45.0 Å². The van der Waals surface area contributed by atoms with Crippen LogP contribution in [0.5, 0.6) is 0 Å². The van der Waals surface area contributed by atoms with Gasteiger partial charge in [0.05, 0.1) is 32.4 Å². The first-order valence-corrected chi connectivity index (χ1v) is 15.8. The van der Waals surface area contributed by atoms with Crippen LogP contribution < -0.4 is 16.0 Å². The summed E-state index contributed by atoms with van der Waals surface area (Å²) in [7, 11) is 0. The number of carbonyl (C=O) groups excluding carboxylic acids is 5. The van der Waals surface area contributed by atoms with E-state index in [9.17, 15) is 29.1 Å². The Morgan fingerprint density at radius 2 is 1.87 bits per heavy atom. The molecule has 4 amide bonds. The fourth-order valence-electron chi connectivity index (χ4n) is 5.77. The van der Waals surface area contributed by atoms with Gasteiger partial charge in [0.1, 0.15) is 18.2 Å². The van der Waals surface area contributed by atoms with Gasteiger partial charge in [0.25, 0.3) is 5.91 Å². The second-order valence-corrected chi connectivity index (χ2v) is 13.4. The molecule has 3 fully saturated rings. The zero-order valence-electron chi connectivity index (χ0n) is 26.8. The third-order valence-corrected chi connectivity index (χ3v) is 8.37. The molecule has 0 aromatic heterocycles. The van der Waals surface area contributed by atoms with Crippen LogP contribution in [-0.2, 0) is 38.2 Å². The van der Waals surface area contributed by atoms with Gasteiger partial charge >= 0.3 is 12.1 Å². The fraction of sp³-hybridized carbons (Fsp3) is 0.800. The molecule has 4 aliphatic rings. The predicted octanol–water partition coefficient (Wildman–Crippen LogP) is 0.520. The van der Waals surface area contributed by atoms with Gasteiger partial charge in [-0.05, 0) is 31.6 Å². The Kier molecular flexibility index (Phi) is 10.9. The monoisotopic (exact) mass is 637 g/mol. The van der Waals surface area contributed by atoms with Crippen LogP contribution in [-0.4, -0.2) is 114 Å². The summed E-state index contributed by atoms with van der Waals surface area (Å²) in [5, 5.41) is 23.0. The summed E-state index contributed by atoms with van der Waals surface area (Å²) in [4.78, 5) is 73.2. The first-order valence-electron chi connectivity index (χ1n) is 15.8. The highest BCUT2D eigenvalue weighted by Crippen LogP contribution is 2.39. The van der Waals surface area contributed by atoms with Gasteiger partial charge in [0.15, 0.2) is 17.4 Å². The Labute approximate surface area is 263 Å². The molecule has 3 heterocycles. The number of nitrogens with zero attached hydrogens (tertiary/aromatic N) is 2. The second-order valence-electron chi connectivity index (χ2n) is 13.4. The minimum atomic E-state index is -1.49. The molecule has 45 heavy (non-hydrogen) atoms. The van der Waals surface area contributed by atoms with Crippen LogP contribution in [0.15, 0.2) is 5.16 Å². The van der Waals surface area contributed by atoms with Crippen LogP contribution in [0.2, 0.25) is 0 Å². The number of aliphatic hydroxyl groups is 1. The highest BCUT2D eigenvalue weighted by atomic mass is 16.7. The van der Waals surface area contributed by atoms with Gasteiger partial charge in [-0.25, -0.2) is 9.59 Å². The maximum atomic E-state index is 14.3. The normalized spacial score (nSPS) is 26.4. The number of hydrogen-bond acceptors (Lipinski definition) is 11. The van der Waals surface area contributed by atoms with Gasteiger partial charge in [0, 0.05) is 25.3 Å². The molecule has 15 heteroatoms. The van der Waals surface area contributed by atoms with Crippen molar-refractivity contribution in [2.24, 2.45) is 10.6 Å². The molecular weight excluding hydrogens is 590 g/mol. The lowest BCUT2D eigenvalue weighted by Gasteiger charge is -2.35. The van der Waals surface area contributed by atoms with Crippen LogP contribution in [0.1, 0.15) is 79.6 Å². The van der Waals surface area contributed by atoms with E-state index in [2.05, 4.69) is 21.1 Å². The first-order chi connectivity index (χ1) is 21.3. The molecule has 6 atom stereocenters. The smallest absolute Gasteiger partial charge is 0.408 e. The van der Waals surface area contributed by atoms with Crippen molar-refractivity contribution in [1.82, 2.24) is 20.9 Å². The largest absolute Gasteiger partial charge is 0.461 e. The average Bonchev–Trinajstić information content (AvgIpc) is 3.34. The van der Waals surface area contributed by atoms with Crippen LogP contribution in [0.25, 0.3) is 0 Å².